The molecule has 0 spiro atoms. The number of nitrogens with one attached hydrogen (secondary N) is 1. The summed E-state index contributed by atoms with van der Waals surface area (Å²) in [7, 11) is 0. The van der Waals surface area contributed by atoms with Crippen molar-refractivity contribution in [3.63, 3.8) is 0 Å². The van der Waals surface area contributed by atoms with Crippen molar-refractivity contribution in [3.8, 4) is 10.4 Å². The molecule has 1 aliphatic carbocycles. The molecule has 2 aromatic carbocycles. The van der Waals surface area contributed by atoms with E-state index in [1.165, 1.54) is 27.1 Å². The Morgan fingerprint density at radius 3 is 2.71 bits per heavy atom. The predicted octanol–water partition coefficient (Wildman–Crippen LogP) is 6.11. The van der Waals surface area contributed by atoms with Gasteiger partial charge in [-0.1, -0.05) is 60.7 Å². The number of allylic oxidation sites excluding steroid dienone is 1. The summed E-state index contributed by atoms with van der Waals surface area (Å²) in [5.74, 6) is 1.75. The molecular weight excluding hydrogens is 362 g/mol. The normalized spacial score (nSPS) is 12.8. The Balaban J connectivity index is 1.38. The Morgan fingerprint density at radius 1 is 1.00 bits per heavy atom. The first-order valence-corrected chi connectivity index (χ1v) is 10.4. The largest absolute Gasteiger partial charge is 0.369 e. The SMILES string of the molecule is Cc1nc(NCCC2=CCc3ccccc32)c2cc(-c3ccccc3)sc2n1. The van der Waals surface area contributed by atoms with Crippen molar-refractivity contribution < 1.29 is 0 Å². The second kappa shape index (κ2) is 7.21. The van der Waals surface area contributed by atoms with Crippen LogP contribution in [0.4, 0.5) is 5.82 Å². The van der Waals surface area contributed by atoms with Gasteiger partial charge in [-0.05, 0) is 48.1 Å². The summed E-state index contributed by atoms with van der Waals surface area (Å²) in [5, 5.41) is 4.67. The zero-order valence-corrected chi connectivity index (χ0v) is 16.6. The van der Waals surface area contributed by atoms with Gasteiger partial charge in [-0.2, -0.15) is 0 Å². The molecule has 0 bridgehead atoms. The van der Waals surface area contributed by atoms with Crippen LogP contribution < -0.4 is 5.32 Å². The molecule has 0 unspecified atom stereocenters. The van der Waals surface area contributed by atoms with Crippen molar-refractivity contribution in [1.29, 1.82) is 0 Å². The van der Waals surface area contributed by atoms with Crippen LogP contribution in [-0.4, -0.2) is 16.5 Å². The number of fused-ring (bicyclic) bond motifs is 2. The van der Waals surface area contributed by atoms with E-state index in [2.05, 4.69) is 76.0 Å². The molecule has 0 aliphatic heterocycles. The number of anilines is 1. The second-order valence-electron chi connectivity index (χ2n) is 7.08. The van der Waals surface area contributed by atoms with Crippen LogP contribution in [0.5, 0.6) is 0 Å². The van der Waals surface area contributed by atoms with Crippen molar-refractivity contribution in [3.05, 3.63) is 83.7 Å². The van der Waals surface area contributed by atoms with E-state index in [-0.39, 0.29) is 0 Å². The molecule has 0 amide bonds. The molecule has 1 N–H and O–H groups in total. The molecule has 2 aromatic heterocycles. The summed E-state index contributed by atoms with van der Waals surface area (Å²) in [6.07, 6.45) is 4.40. The molecule has 4 aromatic rings. The van der Waals surface area contributed by atoms with E-state index in [4.69, 9.17) is 0 Å². The highest BCUT2D eigenvalue weighted by Gasteiger charge is 2.14. The van der Waals surface area contributed by atoms with Gasteiger partial charge in [0.1, 0.15) is 16.5 Å². The van der Waals surface area contributed by atoms with Gasteiger partial charge >= 0.3 is 0 Å². The average molecular weight is 384 g/mol. The molecule has 0 saturated heterocycles. The van der Waals surface area contributed by atoms with Crippen LogP contribution in [0.2, 0.25) is 0 Å². The molecule has 0 fully saturated rings. The maximum Gasteiger partial charge on any atom is 0.138 e. The number of benzene rings is 2. The monoisotopic (exact) mass is 383 g/mol. The average Bonchev–Trinajstić information content (AvgIpc) is 3.33. The van der Waals surface area contributed by atoms with Gasteiger partial charge in [0.2, 0.25) is 0 Å². The zero-order valence-electron chi connectivity index (χ0n) is 15.8. The second-order valence-corrected chi connectivity index (χ2v) is 8.11. The number of thiophene rings is 1. The lowest BCUT2D eigenvalue weighted by Gasteiger charge is -2.09. The van der Waals surface area contributed by atoms with E-state index < -0.39 is 0 Å². The van der Waals surface area contributed by atoms with Crippen LogP contribution in [0.3, 0.4) is 0 Å². The third-order valence-electron chi connectivity index (χ3n) is 5.18. The lowest BCUT2D eigenvalue weighted by atomic mass is 10.0. The van der Waals surface area contributed by atoms with Crippen molar-refractivity contribution in [2.75, 3.05) is 11.9 Å². The molecule has 3 nitrogen and oxygen atoms in total. The van der Waals surface area contributed by atoms with Crippen LogP contribution >= 0.6 is 11.3 Å². The Morgan fingerprint density at radius 2 is 1.82 bits per heavy atom. The number of aromatic nitrogens is 2. The number of aryl methyl sites for hydroxylation is 1. The highest BCUT2D eigenvalue weighted by molar-refractivity contribution is 7.21. The number of hydrogen-bond acceptors (Lipinski definition) is 4. The molecule has 2 heterocycles. The van der Waals surface area contributed by atoms with E-state index in [0.717, 1.165) is 41.2 Å². The lowest BCUT2D eigenvalue weighted by Crippen LogP contribution is -2.05. The molecule has 0 atom stereocenters. The first-order valence-electron chi connectivity index (χ1n) is 9.63. The standard InChI is InChI=1S/C24H21N3S/c1-16-26-23(25-14-13-18-12-11-17-7-5-6-10-20(17)18)21-15-22(28-24(21)27-16)19-8-3-2-4-9-19/h2-10,12,15H,11,13-14H2,1H3,(H,25,26,27). The van der Waals surface area contributed by atoms with Gasteiger partial charge in [-0.15, -0.1) is 11.3 Å². The fourth-order valence-electron chi connectivity index (χ4n) is 3.81. The van der Waals surface area contributed by atoms with E-state index in [1.54, 1.807) is 11.3 Å². The van der Waals surface area contributed by atoms with E-state index in [9.17, 15) is 0 Å². The van der Waals surface area contributed by atoms with Crippen molar-refractivity contribution in [2.45, 2.75) is 19.8 Å². The Hall–Kier alpha value is -2.98. The molecule has 28 heavy (non-hydrogen) atoms. The highest BCUT2D eigenvalue weighted by atomic mass is 32.1. The Bertz CT molecular complexity index is 1180. The number of nitrogens with zero attached hydrogens (tertiary/aromatic N) is 2. The van der Waals surface area contributed by atoms with Crippen LogP contribution in [0.15, 0.2) is 66.7 Å². The predicted molar refractivity (Wildman–Crippen MR) is 119 cm³/mol. The molecule has 4 heteroatoms. The third-order valence-corrected chi connectivity index (χ3v) is 6.26. The van der Waals surface area contributed by atoms with Gasteiger partial charge in [0.05, 0.1) is 5.39 Å². The van der Waals surface area contributed by atoms with Gasteiger partial charge in [-0.3, -0.25) is 0 Å². The van der Waals surface area contributed by atoms with Crippen LogP contribution in [0.1, 0.15) is 23.4 Å². The molecular formula is C24H21N3S. The molecule has 138 valence electrons. The number of rotatable bonds is 5. The zero-order chi connectivity index (χ0) is 18.9. The molecule has 0 saturated carbocycles. The van der Waals surface area contributed by atoms with Gasteiger partial charge in [-0.25, -0.2) is 9.97 Å². The first-order chi connectivity index (χ1) is 13.8. The molecule has 0 radical (unpaired) electrons. The fourth-order valence-corrected chi connectivity index (χ4v) is 4.90. The molecule has 5 rings (SSSR count). The van der Waals surface area contributed by atoms with Crippen LogP contribution in [-0.2, 0) is 6.42 Å². The summed E-state index contributed by atoms with van der Waals surface area (Å²) >= 11 is 1.73. The van der Waals surface area contributed by atoms with Gasteiger partial charge in [0.15, 0.2) is 0 Å². The van der Waals surface area contributed by atoms with Crippen LogP contribution in [0, 0.1) is 6.92 Å². The lowest BCUT2D eigenvalue weighted by molar-refractivity contribution is 1.03. The van der Waals surface area contributed by atoms with E-state index in [0.29, 0.717) is 0 Å². The van der Waals surface area contributed by atoms with Crippen molar-refractivity contribution in [2.24, 2.45) is 0 Å². The first kappa shape index (κ1) is 17.1. The van der Waals surface area contributed by atoms with Crippen LogP contribution in [0.25, 0.3) is 26.2 Å². The summed E-state index contributed by atoms with van der Waals surface area (Å²) < 4.78 is 0. The molecule has 1 aliphatic rings. The van der Waals surface area contributed by atoms with E-state index >= 15 is 0 Å². The minimum absolute atomic E-state index is 0.807. The minimum atomic E-state index is 0.807. The fraction of sp³-hybridized carbons (Fsp3) is 0.167. The smallest absolute Gasteiger partial charge is 0.138 e. The summed E-state index contributed by atoms with van der Waals surface area (Å²) in [4.78, 5) is 11.6. The van der Waals surface area contributed by atoms with Gasteiger partial charge in [0.25, 0.3) is 0 Å². The summed E-state index contributed by atoms with van der Waals surface area (Å²) in [6.45, 7) is 2.82. The highest BCUT2D eigenvalue weighted by Crippen LogP contribution is 2.35. The maximum atomic E-state index is 4.68. The topological polar surface area (TPSA) is 37.8 Å². The Labute approximate surface area is 168 Å². The quantitative estimate of drug-likeness (QED) is 0.452. The van der Waals surface area contributed by atoms with Crippen molar-refractivity contribution in [1.82, 2.24) is 9.97 Å². The number of hydrogen-bond donors (Lipinski definition) is 1. The van der Waals surface area contributed by atoms with Gasteiger partial charge < -0.3 is 5.32 Å². The summed E-state index contributed by atoms with van der Waals surface area (Å²) in [6, 6.07) is 21.4. The van der Waals surface area contributed by atoms with E-state index in [1.807, 2.05) is 13.0 Å². The Kier molecular flexibility index (Phi) is 4.41. The minimum Gasteiger partial charge on any atom is -0.369 e. The summed E-state index contributed by atoms with van der Waals surface area (Å²) in [5.41, 5.74) is 5.49. The third kappa shape index (κ3) is 3.20. The van der Waals surface area contributed by atoms with Crippen molar-refractivity contribution >= 4 is 32.9 Å². The van der Waals surface area contributed by atoms with Gasteiger partial charge in [0, 0.05) is 11.4 Å². The maximum absolute atomic E-state index is 4.68.